The Kier molecular flexibility index (Phi) is 7.22. The van der Waals surface area contributed by atoms with Gasteiger partial charge in [-0.25, -0.2) is 0 Å². The fraction of sp³-hybridized carbons (Fsp3) is 0.529. The van der Waals surface area contributed by atoms with Crippen LogP contribution in [0.5, 0.6) is 5.75 Å². The number of carbonyl (C=O) groups is 2. The number of alkyl halides is 1. The lowest BCUT2D eigenvalue weighted by atomic mass is 10.1. The molecule has 0 saturated heterocycles. The standard InChI is InChI=1S/C17H24BrNO4/c1-11-6-13(8-18)7-12(2)16(11)22-14(20)9-19-10-15(21)23-17(3,4)5/h6-7,19H,8-10H2,1-5H3. The highest BCUT2D eigenvalue weighted by Gasteiger charge is 2.16. The van der Waals surface area contributed by atoms with Gasteiger partial charge in [0.2, 0.25) is 0 Å². The van der Waals surface area contributed by atoms with Crippen LogP contribution in [-0.2, 0) is 19.7 Å². The first-order valence-electron chi connectivity index (χ1n) is 7.41. The van der Waals surface area contributed by atoms with Crippen molar-refractivity contribution in [2.45, 2.75) is 45.5 Å². The predicted molar refractivity (Wildman–Crippen MR) is 92.9 cm³/mol. The van der Waals surface area contributed by atoms with Gasteiger partial charge < -0.3 is 9.47 Å². The molecular formula is C17H24BrNO4. The smallest absolute Gasteiger partial charge is 0.325 e. The van der Waals surface area contributed by atoms with E-state index in [4.69, 9.17) is 9.47 Å². The maximum Gasteiger partial charge on any atom is 0.325 e. The SMILES string of the molecule is Cc1cc(CBr)cc(C)c1OC(=O)CNCC(=O)OC(C)(C)C. The number of benzene rings is 1. The molecule has 0 aliphatic rings. The second-order valence-corrected chi connectivity index (χ2v) is 6.92. The molecule has 1 rings (SSSR count). The molecule has 0 spiro atoms. The molecule has 0 atom stereocenters. The summed E-state index contributed by atoms with van der Waals surface area (Å²) >= 11 is 3.41. The van der Waals surface area contributed by atoms with Gasteiger partial charge in [-0.15, -0.1) is 0 Å². The molecule has 5 nitrogen and oxygen atoms in total. The summed E-state index contributed by atoms with van der Waals surface area (Å²) in [6.07, 6.45) is 0. The fourth-order valence-electron chi connectivity index (χ4n) is 2.07. The summed E-state index contributed by atoms with van der Waals surface area (Å²) in [6, 6.07) is 3.94. The van der Waals surface area contributed by atoms with Crippen molar-refractivity contribution in [2.24, 2.45) is 0 Å². The molecule has 0 aliphatic carbocycles. The molecule has 0 heterocycles. The van der Waals surface area contributed by atoms with E-state index in [1.807, 2.05) is 26.0 Å². The van der Waals surface area contributed by atoms with E-state index < -0.39 is 17.5 Å². The van der Waals surface area contributed by atoms with Gasteiger partial charge in [0.25, 0.3) is 0 Å². The zero-order valence-corrected chi connectivity index (χ0v) is 15.9. The van der Waals surface area contributed by atoms with Crippen LogP contribution in [0.25, 0.3) is 0 Å². The molecule has 0 bridgehead atoms. The first kappa shape index (κ1) is 19.6. The normalized spacial score (nSPS) is 11.2. The molecule has 6 heteroatoms. The highest BCUT2D eigenvalue weighted by atomic mass is 79.9. The third-order valence-electron chi connectivity index (χ3n) is 2.85. The van der Waals surface area contributed by atoms with Gasteiger partial charge in [-0.2, -0.15) is 0 Å². The van der Waals surface area contributed by atoms with Crippen molar-refractivity contribution in [2.75, 3.05) is 13.1 Å². The van der Waals surface area contributed by atoms with Crippen molar-refractivity contribution in [1.29, 1.82) is 0 Å². The van der Waals surface area contributed by atoms with E-state index in [1.54, 1.807) is 20.8 Å². The maximum absolute atomic E-state index is 11.9. The number of ether oxygens (including phenoxy) is 2. The van der Waals surface area contributed by atoms with Gasteiger partial charge in [0.05, 0.1) is 13.1 Å². The lowest BCUT2D eigenvalue weighted by Crippen LogP contribution is -2.35. The minimum Gasteiger partial charge on any atom is -0.459 e. The lowest BCUT2D eigenvalue weighted by Gasteiger charge is -2.19. The van der Waals surface area contributed by atoms with Crippen molar-refractivity contribution in [3.63, 3.8) is 0 Å². The number of nitrogens with one attached hydrogen (secondary N) is 1. The molecule has 0 radical (unpaired) electrons. The second kappa shape index (κ2) is 8.45. The summed E-state index contributed by atoms with van der Waals surface area (Å²) < 4.78 is 10.5. The van der Waals surface area contributed by atoms with E-state index in [0.29, 0.717) is 5.75 Å². The Bertz CT molecular complexity index is 555. The van der Waals surface area contributed by atoms with Crippen molar-refractivity contribution in [1.82, 2.24) is 5.32 Å². The Morgan fingerprint density at radius 3 is 2.09 bits per heavy atom. The summed E-state index contributed by atoms with van der Waals surface area (Å²) in [6.45, 7) is 9.08. The molecule has 1 aromatic carbocycles. The molecule has 0 amide bonds. The molecule has 0 aliphatic heterocycles. The van der Waals surface area contributed by atoms with E-state index in [1.165, 1.54) is 0 Å². The molecule has 1 N–H and O–H groups in total. The van der Waals surface area contributed by atoms with E-state index >= 15 is 0 Å². The van der Waals surface area contributed by atoms with Crippen LogP contribution in [0.1, 0.15) is 37.5 Å². The van der Waals surface area contributed by atoms with E-state index in [-0.39, 0.29) is 13.1 Å². The predicted octanol–water partition coefficient (Wildman–Crippen LogP) is 3.04. The molecule has 0 unspecified atom stereocenters. The quantitative estimate of drug-likeness (QED) is 0.463. The van der Waals surface area contributed by atoms with Crippen LogP contribution in [0.4, 0.5) is 0 Å². The Morgan fingerprint density at radius 2 is 1.61 bits per heavy atom. The number of rotatable bonds is 6. The lowest BCUT2D eigenvalue weighted by molar-refractivity contribution is -0.153. The zero-order chi connectivity index (χ0) is 17.6. The summed E-state index contributed by atoms with van der Waals surface area (Å²) in [5.74, 6) is -0.274. The minimum atomic E-state index is -0.537. The highest BCUT2D eigenvalue weighted by molar-refractivity contribution is 9.08. The Balaban J connectivity index is 2.50. The summed E-state index contributed by atoms with van der Waals surface area (Å²) in [4.78, 5) is 23.4. The van der Waals surface area contributed by atoms with Crippen LogP contribution >= 0.6 is 15.9 Å². The Hall–Kier alpha value is -1.40. The molecule has 0 saturated carbocycles. The molecule has 0 aromatic heterocycles. The highest BCUT2D eigenvalue weighted by Crippen LogP contribution is 2.25. The molecule has 128 valence electrons. The van der Waals surface area contributed by atoms with Gasteiger partial charge in [0, 0.05) is 5.33 Å². The average Bonchev–Trinajstić information content (AvgIpc) is 2.40. The first-order chi connectivity index (χ1) is 10.6. The maximum atomic E-state index is 11.9. The van der Waals surface area contributed by atoms with Gasteiger partial charge in [0.1, 0.15) is 11.4 Å². The largest absolute Gasteiger partial charge is 0.459 e. The number of aryl methyl sites for hydroxylation is 2. The van der Waals surface area contributed by atoms with Crippen LogP contribution in [0, 0.1) is 13.8 Å². The van der Waals surface area contributed by atoms with Crippen molar-refractivity contribution in [3.05, 3.63) is 28.8 Å². The van der Waals surface area contributed by atoms with Crippen LogP contribution < -0.4 is 10.1 Å². The van der Waals surface area contributed by atoms with E-state index in [0.717, 1.165) is 22.0 Å². The van der Waals surface area contributed by atoms with Gasteiger partial charge in [0.15, 0.2) is 0 Å². The Labute approximate surface area is 145 Å². The van der Waals surface area contributed by atoms with E-state index in [2.05, 4.69) is 21.2 Å². The molecule has 1 aromatic rings. The Morgan fingerprint density at radius 1 is 1.09 bits per heavy atom. The van der Waals surface area contributed by atoms with Crippen LogP contribution in [0.3, 0.4) is 0 Å². The van der Waals surface area contributed by atoms with Gasteiger partial charge in [-0.05, 0) is 51.3 Å². The number of halogens is 1. The zero-order valence-electron chi connectivity index (χ0n) is 14.3. The van der Waals surface area contributed by atoms with Crippen LogP contribution in [0.15, 0.2) is 12.1 Å². The summed E-state index contributed by atoms with van der Waals surface area (Å²) in [5, 5.41) is 3.48. The third-order valence-corrected chi connectivity index (χ3v) is 3.50. The first-order valence-corrected chi connectivity index (χ1v) is 8.54. The van der Waals surface area contributed by atoms with Crippen molar-refractivity contribution in [3.8, 4) is 5.75 Å². The van der Waals surface area contributed by atoms with Gasteiger partial charge in [-0.3, -0.25) is 14.9 Å². The monoisotopic (exact) mass is 385 g/mol. The molecule has 0 fully saturated rings. The fourth-order valence-corrected chi connectivity index (χ4v) is 2.40. The van der Waals surface area contributed by atoms with Crippen molar-refractivity contribution < 1.29 is 19.1 Å². The number of esters is 2. The second-order valence-electron chi connectivity index (χ2n) is 6.36. The average molecular weight is 386 g/mol. The minimum absolute atomic E-state index is 0.0349. The molecular weight excluding hydrogens is 362 g/mol. The third kappa shape index (κ3) is 7.14. The van der Waals surface area contributed by atoms with Gasteiger partial charge >= 0.3 is 11.9 Å². The summed E-state index contributed by atoms with van der Waals surface area (Å²) in [5.41, 5.74) is 2.40. The van der Waals surface area contributed by atoms with Crippen LogP contribution in [0.2, 0.25) is 0 Å². The van der Waals surface area contributed by atoms with Gasteiger partial charge in [-0.1, -0.05) is 28.1 Å². The molecule has 23 heavy (non-hydrogen) atoms. The number of hydrogen-bond acceptors (Lipinski definition) is 5. The van der Waals surface area contributed by atoms with E-state index in [9.17, 15) is 9.59 Å². The number of carbonyl (C=O) groups excluding carboxylic acids is 2. The topological polar surface area (TPSA) is 64.6 Å². The van der Waals surface area contributed by atoms with Crippen molar-refractivity contribution >= 4 is 27.9 Å². The summed E-state index contributed by atoms with van der Waals surface area (Å²) in [7, 11) is 0. The van der Waals surface area contributed by atoms with Crippen LogP contribution in [-0.4, -0.2) is 30.6 Å². The number of hydrogen-bond donors (Lipinski definition) is 1.